The van der Waals surface area contributed by atoms with E-state index in [2.05, 4.69) is 11.4 Å². The van der Waals surface area contributed by atoms with E-state index in [0.717, 1.165) is 16.3 Å². The van der Waals surface area contributed by atoms with Gasteiger partial charge in [-0.25, -0.2) is 4.79 Å². The zero-order chi connectivity index (χ0) is 16.2. The smallest absolute Gasteiger partial charge is 0.319 e. The third-order valence-corrected chi connectivity index (χ3v) is 3.68. The summed E-state index contributed by atoms with van der Waals surface area (Å²) in [6.07, 6.45) is 0.00297. The van der Waals surface area contributed by atoms with Crippen molar-refractivity contribution in [1.29, 1.82) is 0 Å². The molecule has 0 aliphatic carbocycles. The number of benzene rings is 2. The quantitative estimate of drug-likeness (QED) is 0.878. The van der Waals surface area contributed by atoms with Crippen LogP contribution in [-0.2, 0) is 20.8 Å². The Hall–Kier alpha value is -2.89. The van der Waals surface area contributed by atoms with Gasteiger partial charge in [-0.1, -0.05) is 42.5 Å². The van der Waals surface area contributed by atoms with Crippen LogP contribution in [0, 0.1) is 0 Å². The van der Waals surface area contributed by atoms with Crippen LogP contribution in [-0.4, -0.2) is 29.5 Å². The van der Waals surface area contributed by atoms with Gasteiger partial charge in [-0.05, 0) is 22.8 Å². The molecule has 1 saturated heterocycles. The molecule has 0 saturated carbocycles. The molecule has 0 spiro atoms. The number of hydrogen-bond acceptors (Lipinski definition) is 4. The number of imide groups is 1. The molecule has 0 atom stereocenters. The molecule has 6 heteroatoms. The standard InChI is InChI=1S/C17H16N2O4/c20-15-7-8-16(21)19(15)23-17(22)18-10-9-12-5-6-13-3-1-2-4-14(13)11-12/h1-6,11H,7-10H2,(H,18,22). The van der Waals surface area contributed by atoms with Gasteiger partial charge in [-0.15, -0.1) is 5.06 Å². The van der Waals surface area contributed by atoms with Gasteiger partial charge < -0.3 is 10.2 Å². The minimum Gasteiger partial charge on any atom is -0.319 e. The van der Waals surface area contributed by atoms with Crippen LogP contribution >= 0.6 is 0 Å². The van der Waals surface area contributed by atoms with Crippen LogP contribution in [0.1, 0.15) is 18.4 Å². The molecule has 0 radical (unpaired) electrons. The van der Waals surface area contributed by atoms with E-state index in [4.69, 9.17) is 4.84 Å². The van der Waals surface area contributed by atoms with E-state index in [0.29, 0.717) is 18.0 Å². The Bertz CT molecular complexity index is 756. The predicted octanol–water partition coefficient (Wildman–Crippen LogP) is 2.17. The lowest BCUT2D eigenvalue weighted by atomic mass is 10.1. The van der Waals surface area contributed by atoms with Gasteiger partial charge in [0, 0.05) is 19.4 Å². The monoisotopic (exact) mass is 312 g/mol. The van der Waals surface area contributed by atoms with Crippen molar-refractivity contribution in [2.75, 3.05) is 6.54 Å². The maximum Gasteiger partial charge on any atom is 0.432 e. The summed E-state index contributed by atoms with van der Waals surface area (Å²) in [5, 5.41) is 5.37. The minimum absolute atomic E-state index is 0.0865. The third kappa shape index (κ3) is 3.48. The van der Waals surface area contributed by atoms with Crippen molar-refractivity contribution in [3.63, 3.8) is 0 Å². The first kappa shape index (κ1) is 15.0. The summed E-state index contributed by atoms with van der Waals surface area (Å²) < 4.78 is 0. The maximum absolute atomic E-state index is 11.6. The Balaban J connectivity index is 1.51. The highest BCUT2D eigenvalue weighted by Gasteiger charge is 2.32. The Morgan fingerprint density at radius 2 is 1.74 bits per heavy atom. The largest absolute Gasteiger partial charge is 0.432 e. The van der Waals surface area contributed by atoms with Crippen LogP contribution in [0.5, 0.6) is 0 Å². The van der Waals surface area contributed by atoms with E-state index in [1.165, 1.54) is 0 Å². The number of nitrogens with zero attached hydrogens (tertiary/aromatic N) is 1. The lowest BCUT2D eigenvalue weighted by Gasteiger charge is -2.13. The summed E-state index contributed by atoms with van der Waals surface area (Å²) in [6.45, 7) is 0.355. The normalized spacial score (nSPS) is 14.3. The second kappa shape index (κ2) is 6.48. The van der Waals surface area contributed by atoms with Crippen molar-refractivity contribution < 1.29 is 19.2 Å². The first-order valence-electron chi connectivity index (χ1n) is 7.43. The van der Waals surface area contributed by atoms with E-state index in [9.17, 15) is 14.4 Å². The van der Waals surface area contributed by atoms with Gasteiger partial charge in [0.15, 0.2) is 0 Å². The summed E-state index contributed by atoms with van der Waals surface area (Å²) in [4.78, 5) is 39.0. The van der Waals surface area contributed by atoms with E-state index < -0.39 is 17.9 Å². The summed E-state index contributed by atoms with van der Waals surface area (Å²) in [6, 6.07) is 14.1. The van der Waals surface area contributed by atoms with E-state index in [-0.39, 0.29) is 12.8 Å². The molecule has 1 heterocycles. The zero-order valence-corrected chi connectivity index (χ0v) is 12.5. The Morgan fingerprint density at radius 3 is 2.48 bits per heavy atom. The lowest BCUT2D eigenvalue weighted by Crippen LogP contribution is -2.37. The number of fused-ring (bicyclic) bond motifs is 1. The molecule has 3 amide bonds. The molecular weight excluding hydrogens is 296 g/mol. The fraction of sp³-hybridized carbons (Fsp3) is 0.235. The van der Waals surface area contributed by atoms with Crippen molar-refractivity contribution in [3.8, 4) is 0 Å². The van der Waals surface area contributed by atoms with Crippen molar-refractivity contribution in [1.82, 2.24) is 10.4 Å². The summed E-state index contributed by atoms with van der Waals surface area (Å²) >= 11 is 0. The van der Waals surface area contributed by atoms with Gasteiger partial charge in [0.25, 0.3) is 11.8 Å². The number of hydroxylamine groups is 2. The number of carbonyl (C=O) groups is 3. The Labute approximate surface area is 133 Å². The molecule has 118 valence electrons. The molecule has 0 bridgehead atoms. The van der Waals surface area contributed by atoms with Gasteiger partial charge in [-0.2, -0.15) is 0 Å². The van der Waals surface area contributed by atoms with Crippen LogP contribution in [0.15, 0.2) is 42.5 Å². The van der Waals surface area contributed by atoms with Crippen LogP contribution < -0.4 is 5.32 Å². The Kier molecular flexibility index (Phi) is 4.23. The molecule has 0 unspecified atom stereocenters. The molecule has 2 aromatic carbocycles. The summed E-state index contributed by atoms with van der Waals surface area (Å²) in [7, 11) is 0. The van der Waals surface area contributed by atoms with E-state index in [1.807, 2.05) is 36.4 Å². The van der Waals surface area contributed by atoms with Gasteiger partial charge in [0.05, 0.1) is 0 Å². The Morgan fingerprint density at radius 1 is 1.04 bits per heavy atom. The van der Waals surface area contributed by atoms with Crippen molar-refractivity contribution in [2.45, 2.75) is 19.3 Å². The third-order valence-electron chi connectivity index (χ3n) is 3.68. The molecule has 23 heavy (non-hydrogen) atoms. The van der Waals surface area contributed by atoms with Crippen molar-refractivity contribution >= 4 is 28.7 Å². The summed E-state index contributed by atoms with van der Waals surface area (Å²) in [5.41, 5.74) is 1.08. The van der Waals surface area contributed by atoms with Gasteiger partial charge in [0.1, 0.15) is 0 Å². The maximum atomic E-state index is 11.6. The van der Waals surface area contributed by atoms with Crippen LogP contribution in [0.4, 0.5) is 4.79 Å². The highest BCUT2D eigenvalue weighted by Crippen LogP contribution is 2.16. The molecule has 2 aromatic rings. The molecule has 1 N–H and O–H groups in total. The van der Waals surface area contributed by atoms with Crippen molar-refractivity contribution in [2.24, 2.45) is 0 Å². The SMILES string of the molecule is O=C(NCCc1ccc2ccccc2c1)ON1C(=O)CCC1=O. The predicted molar refractivity (Wildman–Crippen MR) is 83.2 cm³/mol. The van der Waals surface area contributed by atoms with Gasteiger partial charge in [0.2, 0.25) is 0 Å². The number of rotatable bonds is 4. The first-order valence-corrected chi connectivity index (χ1v) is 7.43. The number of hydrogen-bond donors (Lipinski definition) is 1. The summed E-state index contributed by atoms with van der Waals surface area (Å²) in [5.74, 6) is -0.973. The second-order valence-electron chi connectivity index (χ2n) is 5.32. The minimum atomic E-state index is -0.797. The first-order chi connectivity index (χ1) is 11.1. The van der Waals surface area contributed by atoms with Gasteiger partial charge in [-0.3, -0.25) is 9.59 Å². The molecular formula is C17H16N2O4. The molecule has 1 fully saturated rings. The molecule has 1 aliphatic rings. The lowest BCUT2D eigenvalue weighted by molar-refractivity contribution is -0.171. The molecule has 3 rings (SSSR count). The van der Waals surface area contributed by atoms with E-state index >= 15 is 0 Å². The average molecular weight is 312 g/mol. The number of carbonyl (C=O) groups excluding carboxylic acids is 3. The zero-order valence-electron chi connectivity index (χ0n) is 12.5. The average Bonchev–Trinajstić information content (AvgIpc) is 2.87. The highest BCUT2D eigenvalue weighted by atomic mass is 16.7. The van der Waals surface area contributed by atoms with Crippen molar-refractivity contribution in [3.05, 3.63) is 48.0 Å². The van der Waals surface area contributed by atoms with E-state index in [1.54, 1.807) is 0 Å². The number of amides is 3. The van der Waals surface area contributed by atoms with Crippen LogP contribution in [0.2, 0.25) is 0 Å². The second-order valence-corrected chi connectivity index (χ2v) is 5.32. The van der Waals surface area contributed by atoms with Crippen LogP contribution in [0.3, 0.4) is 0 Å². The van der Waals surface area contributed by atoms with Crippen LogP contribution in [0.25, 0.3) is 10.8 Å². The molecule has 0 aromatic heterocycles. The molecule has 6 nitrogen and oxygen atoms in total. The fourth-order valence-electron chi connectivity index (χ4n) is 2.48. The molecule has 1 aliphatic heterocycles. The topological polar surface area (TPSA) is 75.7 Å². The van der Waals surface area contributed by atoms with Gasteiger partial charge >= 0.3 is 6.09 Å². The fourth-order valence-corrected chi connectivity index (χ4v) is 2.48. The number of nitrogens with one attached hydrogen (secondary N) is 1. The highest BCUT2D eigenvalue weighted by molar-refractivity contribution is 6.01.